The van der Waals surface area contributed by atoms with Crippen LogP contribution < -0.4 is 15.5 Å². The van der Waals surface area contributed by atoms with E-state index in [1.807, 2.05) is 11.0 Å². The summed E-state index contributed by atoms with van der Waals surface area (Å²) < 4.78 is 0. The molecule has 2 saturated heterocycles. The third kappa shape index (κ3) is 2.26. The molecule has 1 atom stereocenters. The lowest BCUT2D eigenvalue weighted by molar-refractivity contribution is -0.118. The van der Waals surface area contributed by atoms with Gasteiger partial charge in [0.25, 0.3) is 0 Å². The summed E-state index contributed by atoms with van der Waals surface area (Å²) in [6, 6.07) is 8.86. The summed E-state index contributed by atoms with van der Waals surface area (Å²) in [6.45, 7) is 3.19. The fourth-order valence-electron chi connectivity index (χ4n) is 2.76. The number of hydrogen-bond acceptors (Lipinski definition) is 3. The number of rotatable bonds is 2. The molecule has 1 amide bonds. The van der Waals surface area contributed by atoms with Gasteiger partial charge in [0.1, 0.15) is 0 Å². The predicted octanol–water partition coefficient (Wildman–Crippen LogP) is 1.05. The van der Waals surface area contributed by atoms with Gasteiger partial charge in [0, 0.05) is 24.8 Å². The zero-order valence-electron chi connectivity index (χ0n) is 10.5. The van der Waals surface area contributed by atoms with Gasteiger partial charge >= 0.3 is 0 Å². The van der Waals surface area contributed by atoms with Crippen molar-refractivity contribution in [2.75, 3.05) is 31.1 Å². The van der Waals surface area contributed by atoms with Gasteiger partial charge in [0.2, 0.25) is 5.91 Å². The largest absolute Gasteiger partial charge is 0.310 e. The maximum absolute atomic E-state index is 11.9. The van der Waals surface area contributed by atoms with Gasteiger partial charge in [-0.05, 0) is 37.1 Å². The zero-order valence-corrected chi connectivity index (χ0v) is 10.5. The first-order valence-electron chi connectivity index (χ1n) is 6.69. The summed E-state index contributed by atoms with van der Waals surface area (Å²) in [5.41, 5.74) is 2.34. The smallest absolute Gasteiger partial charge is 0.240 e. The number of benzene rings is 1. The van der Waals surface area contributed by atoms with Crippen LogP contribution >= 0.6 is 0 Å². The predicted molar refractivity (Wildman–Crippen MR) is 71.6 cm³/mol. The van der Waals surface area contributed by atoms with E-state index in [9.17, 15) is 4.79 Å². The Balaban J connectivity index is 1.83. The standard InChI is InChI=1S/C14H19N3O/c18-14-10-15-7-8-17(14)12-4-1-3-11(9-12)13-5-2-6-16-13/h1,3-4,9,13,15-16H,2,5-8,10H2. The van der Waals surface area contributed by atoms with Crippen LogP contribution in [0.4, 0.5) is 5.69 Å². The molecule has 2 aliphatic heterocycles. The summed E-state index contributed by atoms with van der Waals surface area (Å²) in [7, 11) is 0. The second kappa shape index (κ2) is 5.08. The zero-order chi connectivity index (χ0) is 12.4. The van der Waals surface area contributed by atoms with E-state index in [2.05, 4.69) is 28.8 Å². The Kier molecular flexibility index (Phi) is 3.30. The van der Waals surface area contributed by atoms with Crippen LogP contribution in [-0.4, -0.2) is 32.1 Å². The molecule has 2 N–H and O–H groups in total. The van der Waals surface area contributed by atoms with Crippen molar-refractivity contribution >= 4 is 11.6 Å². The molecule has 3 rings (SSSR count). The van der Waals surface area contributed by atoms with Gasteiger partial charge in [-0.25, -0.2) is 0 Å². The molecule has 96 valence electrons. The number of carbonyl (C=O) groups is 1. The van der Waals surface area contributed by atoms with E-state index >= 15 is 0 Å². The molecule has 1 aromatic rings. The van der Waals surface area contributed by atoms with Crippen LogP contribution in [0.1, 0.15) is 24.4 Å². The van der Waals surface area contributed by atoms with Gasteiger partial charge in [0.15, 0.2) is 0 Å². The highest BCUT2D eigenvalue weighted by Crippen LogP contribution is 2.26. The molecular weight excluding hydrogens is 226 g/mol. The SMILES string of the molecule is O=C1CNCCN1c1cccc(C2CCCN2)c1. The topological polar surface area (TPSA) is 44.4 Å². The lowest BCUT2D eigenvalue weighted by Crippen LogP contribution is -2.48. The van der Waals surface area contributed by atoms with Crippen LogP contribution in [0.25, 0.3) is 0 Å². The van der Waals surface area contributed by atoms with E-state index in [0.717, 1.165) is 25.3 Å². The second-order valence-electron chi connectivity index (χ2n) is 4.97. The highest BCUT2D eigenvalue weighted by molar-refractivity contribution is 5.95. The minimum Gasteiger partial charge on any atom is -0.310 e. The normalized spacial score (nSPS) is 24.6. The Morgan fingerprint density at radius 1 is 1.28 bits per heavy atom. The summed E-state index contributed by atoms with van der Waals surface area (Å²) in [5, 5.41) is 6.60. The number of nitrogens with zero attached hydrogens (tertiary/aromatic N) is 1. The molecule has 0 bridgehead atoms. The summed E-state index contributed by atoms with van der Waals surface area (Å²) in [5.74, 6) is 0.165. The summed E-state index contributed by atoms with van der Waals surface area (Å²) in [6.07, 6.45) is 2.43. The van der Waals surface area contributed by atoms with E-state index < -0.39 is 0 Å². The first kappa shape index (κ1) is 11.7. The second-order valence-corrected chi connectivity index (χ2v) is 4.97. The maximum Gasteiger partial charge on any atom is 0.240 e. The lowest BCUT2D eigenvalue weighted by Gasteiger charge is -2.28. The van der Waals surface area contributed by atoms with Crippen molar-refractivity contribution in [2.45, 2.75) is 18.9 Å². The highest BCUT2D eigenvalue weighted by Gasteiger charge is 2.21. The number of hydrogen-bond donors (Lipinski definition) is 2. The van der Waals surface area contributed by atoms with Crippen molar-refractivity contribution in [3.8, 4) is 0 Å². The van der Waals surface area contributed by atoms with Gasteiger partial charge in [-0.1, -0.05) is 12.1 Å². The first-order chi connectivity index (χ1) is 8.84. The molecule has 4 nitrogen and oxygen atoms in total. The number of nitrogens with one attached hydrogen (secondary N) is 2. The van der Waals surface area contributed by atoms with E-state index in [0.29, 0.717) is 12.6 Å². The Hall–Kier alpha value is -1.39. The van der Waals surface area contributed by atoms with Crippen LogP contribution in [0.15, 0.2) is 24.3 Å². The molecule has 1 aromatic carbocycles. The van der Waals surface area contributed by atoms with Crippen molar-refractivity contribution in [3.63, 3.8) is 0 Å². The Morgan fingerprint density at radius 2 is 2.22 bits per heavy atom. The molecule has 4 heteroatoms. The molecule has 18 heavy (non-hydrogen) atoms. The fraction of sp³-hybridized carbons (Fsp3) is 0.500. The maximum atomic E-state index is 11.9. The average Bonchev–Trinajstić information content (AvgIpc) is 2.93. The highest BCUT2D eigenvalue weighted by atomic mass is 16.2. The third-order valence-corrected chi connectivity index (χ3v) is 3.73. The van der Waals surface area contributed by atoms with Crippen LogP contribution in [-0.2, 0) is 4.79 Å². The Bertz CT molecular complexity index is 440. The van der Waals surface area contributed by atoms with Crippen molar-refractivity contribution < 1.29 is 4.79 Å². The number of anilines is 1. The molecule has 2 fully saturated rings. The van der Waals surface area contributed by atoms with Crippen molar-refractivity contribution in [1.29, 1.82) is 0 Å². The average molecular weight is 245 g/mol. The number of amides is 1. The van der Waals surface area contributed by atoms with Gasteiger partial charge < -0.3 is 15.5 Å². The van der Waals surface area contributed by atoms with E-state index in [1.165, 1.54) is 18.4 Å². The van der Waals surface area contributed by atoms with Gasteiger partial charge in [-0.15, -0.1) is 0 Å². The van der Waals surface area contributed by atoms with Crippen LogP contribution in [0.3, 0.4) is 0 Å². The monoisotopic (exact) mass is 245 g/mol. The number of piperazine rings is 1. The van der Waals surface area contributed by atoms with E-state index in [1.54, 1.807) is 0 Å². The molecule has 0 radical (unpaired) electrons. The molecule has 1 unspecified atom stereocenters. The minimum absolute atomic E-state index is 0.165. The van der Waals surface area contributed by atoms with Gasteiger partial charge in [-0.3, -0.25) is 4.79 Å². The van der Waals surface area contributed by atoms with Crippen molar-refractivity contribution in [1.82, 2.24) is 10.6 Å². The van der Waals surface area contributed by atoms with Crippen LogP contribution in [0, 0.1) is 0 Å². The summed E-state index contributed by atoms with van der Waals surface area (Å²) >= 11 is 0. The molecule has 0 saturated carbocycles. The molecule has 0 spiro atoms. The van der Waals surface area contributed by atoms with Crippen molar-refractivity contribution in [3.05, 3.63) is 29.8 Å². The van der Waals surface area contributed by atoms with Crippen LogP contribution in [0.5, 0.6) is 0 Å². The molecule has 2 heterocycles. The van der Waals surface area contributed by atoms with E-state index in [-0.39, 0.29) is 5.91 Å². The quantitative estimate of drug-likeness (QED) is 0.818. The fourth-order valence-corrected chi connectivity index (χ4v) is 2.76. The minimum atomic E-state index is 0.165. The van der Waals surface area contributed by atoms with Gasteiger partial charge in [-0.2, -0.15) is 0 Å². The van der Waals surface area contributed by atoms with Crippen LogP contribution in [0.2, 0.25) is 0 Å². The van der Waals surface area contributed by atoms with E-state index in [4.69, 9.17) is 0 Å². The summed E-state index contributed by atoms with van der Waals surface area (Å²) in [4.78, 5) is 13.8. The molecule has 0 aliphatic carbocycles. The lowest BCUT2D eigenvalue weighted by atomic mass is 10.0. The molecular formula is C14H19N3O. The third-order valence-electron chi connectivity index (χ3n) is 3.73. The van der Waals surface area contributed by atoms with Gasteiger partial charge in [0.05, 0.1) is 6.54 Å². The van der Waals surface area contributed by atoms with Crippen molar-refractivity contribution in [2.24, 2.45) is 0 Å². The Morgan fingerprint density at radius 3 is 3.00 bits per heavy atom. The Labute approximate surface area is 107 Å². The number of carbonyl (C=O) groups excluding carboxylic acids is 1. The molecule has 0 aromatic heterocycles. The first-order valence-corrected chi connectivity index (χ1v) is 6.69. The molecule has 2 aliphatic rings.